The van der Waals surface area contributed by atoms with Crippen LogP contribution in [-0.2, 0) is 13.0 Å². The number of rotatable bonds is 7. The van der Waals surface area contributed by atoms with E-state index in [1.54, 1.807) is 11.6 Å². The van der Waals surface area contributed by atoms with Gasteiger partial charge < -0.3 is 5.32 Å². The van der Waals surface area contributed by atoms with E-state index < -0.39 is 0 Å². The third-order valence-electron chi connectivity index (χ3n) is 2.87. The van der Waals surface area contributed by atoms with E-state index in [1.807, 2.05) is 20.8 Å². The van der Waals surface area contributed by atoms with Crippen molar-refractivity contribution in [1.29, 1.82) is 0 Å². The molecule has 0 aromatic carbocycles. The van der Waals surface area contributed by atoms with Crippen molar-refractivity contribution in [3.63, 3.8) is 0 Å². The highest BCUT2D eigenvalue weighted by Gasteiger charge is 2.25. The van der Waals surface area contributed by atoms with Crippen LogP contribution in [0.15, 0.2) is 0 Å². The number of nitro groups is 1. The van der Waals surface area contributed by atoms with E-state index in [2.05, 4.69) is 10.4 Å². The third-order valence-corrected chi connectivity index (χ3v) is 2.87. The largest absolute Gasteiger partial charge is 0.314 e. The zero-order valence-corrected chi connectivity index (χ0v) is 11.6. The summed E-state index contributed by atoms with van der Waals surface area (Å²) in [6.45, 7) is 9.39. The van der Waals surface area contributed by atoms with Gasteiger partial charge in [0.05, 0.1) is 4.92 Å². The number of hydrogen-bond acceptors (Lipinski definition) is 4. The molecule has 0 saturated carbocycles. The van der Waals surface area contributed by atoms with Crippen molar-refractivity contribution in [3.8, 4) is 0 Å². The molecule has 1 aromatic rings. The number of aromatic nitrogens is 2. The molecule has 18 heavy (non-hydrogen) atoms. The van der Waals surface area contributed by atoms with E-state index in [0.29, 0.717) is 12.1 Å². The number of hydrogen-bond donors (Lipinski definition) is 1. The first-order chi connectivity index (χ1) is 8.51. The van der Waals surface area contributed by atoms with Gasteiger partial charge in [0.2, 0.25) is 0 Å². The quantitative estimate of drug-likeness (QED) is 0.597. The molecule has 0 fully saturated rings. The van der Waals surface area contributed by atoms with Crippen LogP contribution in [0.25, 0.3) is 0 Å². The molecule has 0 saturated heterocycles. The summed E-state index contributed by atoms with van der Waals surface area (Å²) in [4.78, 5) is 10.8. The Bertz CT molecular complexity index is 414. The highest BCUT2D eigenvalue weighted by molar-refractivity contribution is 5.41. The van der Waals surface area contributed by atoms with Gasteiger partial charge in [0.15, 0.2) is 0 Å². The summed E-state index contributed by atoms with van der Waals surface area (Å²) in [6, 6.07) is 0.209. The number of aryl methyl sites for hydroxylation is 2. The molecule has 1 aromatic heterocycles. The molecule has 0 spiro atoms. The van der Waals surface area contributed by atoms with Crippen LogP contribution in [0.3, 0.4) is 0 Å². The molecule has 0 amide bonds. The Hall–Kier alpha value is -1.43. The van der Waals surface area contributed by atoms with Gasteiger partial charge in [0.1, 0.15) is 11.4 Å². The van der Waals surface area contributed by atoms with Gasteiger partial charge >= 0.3 is 5.69 Å². The van der Waals surface area contributed by atoms with E-state index in [0.717, 1.165) is 25.2 Å². The second-order valence-electron chi connectivity index (χ2n) is 4.52. The van der Waals surface area contributed by atoms with Crippen molar-refractivity contribution in [3.05, 3.63) is 21.5 Å². The fourth-order valence-corrected chi connectivity index (χ4v) is 2.17. The summed E-state index contributed by atoms with van der Waals surface area (Å²) in [6.07, 6.45) is 1.55. The van der Waals surface area contributed by atoms with E-state index in [4.69, 9.17) is 0 Å². The molecule has 6 heteroatoms. The lowest BCUT2D eigenvalue weighted by Gasteiger charge is -2.12. The topological polar surface area (TPSA) is 73.0 Å². The van der Waals surface area contributed by atoms with Gasteiger partial charge in [-0.1, -0.05) is 13.8 Å². The minimum atomic E-state index is -0.317. The number of nitrogens with one attached hydrogen (secondary N) is 1. The second-order valence-corrected chi connectivity index (χ2v) is 4.52. The highest BCUT2D eigenvalue weighted by atomic mass is 16.6. The predicted molar refractivity (Wildman–Crippen MR) is 70.8 cm³/mol. The summed E-state index contributed by atoms with van der Waals surface area (Å²) in [5.41, 5.74) is 1.41. The molecule has 1 unspecified atom stereocenters. The first-order valence-corrected chi connectivity index (χ1v) is 6.45. The summed E-state index contributed by atoms with van der Waals surface area (Å²) < 4.78 is 1.78. The Labute approximate surface area is 108 Å². The van der Waals surface area contributed by atoms with Crippen LogP contribution < -0.4 is 5.32 Å². The van der Waals surface area contributed by atoms with E-state index in [1.165, 1.54) is 0 Å². The van der Waals surface area contributed by atoms with Crippen LogP contribution in [-0.4, -0.2) is 27.3 Å². The first kappa shape index (κ1) is 14.6. The van der Waals surface area contributed by atoms with Crippen molar-refractivity contribution in [2.24, 2.45) is 0 Å². The maximum Gasteiger partial charge on any atom is 0.313 e. The molecule has 1 heterocycles. The summed E-state index contributed by atoms with van der Waals surface area (Å²) in [5.74, 6) is 0. The van der Waals surface area contributed by atoms with Crippen LogP contribution in [0.5, 0.6) is 0 Å². The van der Waals surface area contributed by atoms with Crippen molar-refractivity contribution >= 4 is 5.69 Å². The molecule has 6 nitrogen and oxygen atoms in total. The molecule has 1 N–H and O–H groups in total. The van der Waals surface area contributed by atoms with E-state index >= 15 is 0 Å². The molecular formula is C12H22N4O2. The fourth-order valence-electron chi connectivity index (χ4n) is 2.17. The summed E-state index contributed by atoms with van der Waals surface area (Å²) >= 11 is 0. The standard InChI is InChI=1S/C12H22N4O2/c1-5-7-15-11(8-9(3)13-6-2)12(16(17)18)10(4)14-15/h9,13H,5-8H2,1-4H3. The lowest BCUT2D eigenvalue weighted by Crippen LogP contribution is -2.29. The smallest absolute Gasteiger partial charge is 0.313 e. The summed E-state index contributed by atoms with van der Waals surface area (Å²) in [7, 11) is 0. The Kier molecular flexibility index (Phi) is 5.27. The maximum atomic E-state index is 11.1. The number of likely N-dealkylation sites (N-methyl/N-ethyl adjacent to an activating group) is 1. The minimum Gasteiger partial charge on any atom is -0.314 e. The minimum absolute atomic E-state index is 0.174. The SMILES string of the molecule is CCCn1nc(C)c([N+](=O)[O-])c1CC(C)NCC. The van der Waals surface area contributed by atoms with Crippen LogP contribution in [0.4, 0.5) is 5.69 Å². The van der Waals surface area contributed by atoms with Crippen LogP contribution in [0.1, 0.15) is 38.6 Å². The van der Waals surface area contributed by atoms with Crippen LogP contribution >= 0.6 is 0 Å². The second kappa shape index (κ2) is 6.49. The van der Waals surface area contributed by atoms with Gasteiger partial charge in [-0.2, -0.15) is 5.10 Å². The summed E-state index contributed by atoms with van der Waals surface area (Å²) in [5, 5.41) is 18.7. The zero-order chi connectivity index (χ0) is 13.7. The Morgan fingerprint density at radius 1 is 1.50 bits per heavy atom. The van der Waals surface area contributed by atoms with Crippen molar-refractivity contribution in [2.45, 2.75) is 53.1 Å². The van der Waals surface area contributed by atoms with Gasteiger partial charge in [0.25, 0.3) is 0 Å². The zero-order valence-electron chi connectivity index (χ0n) is 11.6. The van der Waals surface area contributed by atoms with Gasteiger partial charge in [-0.25, -0.2) is 0 Å². The van der Waals surface area contributed by atoms with Gasteiger partial charge in [-0.3, -0.25) is 14.8 Å². The molecule has 0 aliphatic rings. The molecule has 1 atom stereocenters. The van der Waals surface area contributed by atoms with Gasteiger partial charge in [-0.15, -0.1) is 0 Å². The highest BCUT2D eigenvalue weighted by Crippen LogP contribution is 2.24. The molecule has 0 radical (unpaired) electrons. The monoisotopic (exact) mass is 254 g/mol. The van der Waals surface area contributed by atoms with Gasteiger partial charge in [0, 0.05) is 19.0 Å². The fraction of sp³-hybridized carbons (Fsp3) is 0.750. The first-order valence-electron chi connectivity index (χ1n) is 6.45. The Morgan fingerprint density at radius 3 is 2.67 bits per heavy atom. The average molecular weight is 254 g/mol. The maximum absolute atomic E-state index is 11.1. The molecule has 1 rings (SSSR count). The molecular weight excluding hydrogens is 232 g/mol. The third kappa shape index (κ3) is 3.29. The lowest BCUT2D eigenvalue weighted by molar-refractivity contribution is -0.386. The Morgan fingerprint density at radius 2 is 2.17 bits per heavy atom. The van der Waals surface area contributed by atoms with Crippen molar-refractivity contribution in [1.82, 2.24) is 15.1 Å². The number of nitrogens with zero attached hydrogens (tertiary/aromatic N) is 3. The molecule has 0 aliphatic heterocycles. The predicted octanol–water partition coefficient (Wildman–Crippen LogP) is 2.05. The molecule has 102 valence electrons. The molecule has 0 aliphatic carbocycles. The van der Waals surface area contributed by atoms with Gasteiger partial charge in [-0.05, 0) is 26.8 Å². The van der Waals surface area contributed by atoms with Crippen LogP contribution in [0.2, 0.25) is 0 Å². The lowest BCUT2D eigenvalue weighted by atomic mass is 10.1. The van der Waals surface area contributed by atoms with E-state index in [-0.39, 0.29) is 16.7 Å². The molecule has 0 bridgehead atoms. The van der Waals surface area contributed by atoms with Crippen molar-refractivity contribution < 1.29 is 4.92 Å². The average Bonchev–Trinajstić information content (AvgIpc) is 2.56. The van der Waals surface area contributed by atoms with Crippen LogP contribution in [0, 0.1) is 17.0 Å². The normalized spacial score (nSPS) is 12.7. The Balaban J connectivity index is 3.07. The van der Waals surface area contributed by atoms with E-state index in [9.17, 15) is 10.1 Å². The van der Waals surface area contributed by atoms with Crippen molar-refractivity contribution in [2.75, 3.05) is 6.54 Å².